The number of hydrogen-bond acceptors (Lipinski definition) is 5. The summed E-state index contributed by atoms with van der Waals surface area (Å²) in [4.78, 5) is 7.65. The largest absolute Gasteiger partial charge is 0.392 e. The summed E-state index contributed by atoms with van der Waals surface area (Å²) >= 11 is 1.64. The van der Waals surface area contributed by atoms with Gasteiger partial charge in [0.1, 0.15) is 0 Å². The average molecular weight is 226 g/mol. The molecule has 0 bridgehead atoms. The van der Waals surface area contributed by atoms with Crippen molar-refractivity contribution < 1.29 is 9.84 Å². The third kappa shape index (κ3) is 2.77. The summed E-state index contributed by atoms with van der Waals surface area (Å²) in [6.07, 6.45) is 5.44. The molecule has 5 heteroatoms. The highest BCUT2D eigenvalue weighted by molar-refractivity contribution is 7.16. The Balaban J connectivity index is 2.02. The van der Waals surface area contributed by atoms with Gasteiger partial charge in [0.05, 0.1) is 19.8 Å². The summed E-state index contributed by atoms with van der Waals surface area (Å²) in [5.41, 5.74) is 0. The molecule has 1 aromatic heterocycles. The molecule has 0 radical (unpaired) electrons. The number of aliphatic hydroxyl groups is 1. The third-order valence-corrected chi connectivity index (χ3v) is 3.20. The van der Waals surface area contributed by atoms with E-state index in [1.165, 1.54) is 0 Å². The lowest BCUT2D eigenvalue weighted by Crippen LogP contribution is -2.36. The summed E-state index contributed by atoms with van der Waals surface area (Å²) < 4.78 is 5.28. The predicted molar refractivity (Wildman–Crippen MR) is 61.3 cm³/mol. The van der Waals surface area contributed by atoms with Crippen molar-refractivity contribution in [2.75, 3.05) is 37.8 Å². The number of nitrogens with zero attached hydrogens (tertiary/aromatic N) is 2. The molecule has 0 spiro atoms. The van der Waals surface area contributed by atoms with E-state index in [-0.39, 0.29) is 6.61 Å². The number of thiazole rings is 1. The van der Waals surface area contributed by atoms with Gasteiger partial charge in [0.25, 0.3) is 0 Å². The average Bonchev–Trinajstić information content (AvgIpc) is 2.76. The third-order valence-electron chi connectivity index (χ3n) is 2.18. The second-order valence-corrected chi connectivity index (χ2v) is 4.27. The van der Waals surface area contributed by atoms with Gasteiger partial charge in [0.2, 0.25) is 0 Å². The fraction of sp³-hybridized carbons (Fsp3) is 0.500. The number of aromatic nitrogens is 1. The predicted octanol–water partition coefficient (Wildman–Crippen LogP) is 0.985. The van der Waals surface area contributed by atoms with E-state index < -0.39 is 0 Å². The molecule has 2 rings (SSSR count). The minimum atomic E-state index is 0.0742. The minimum absolute atomic E-state index is 0.0742. The van der Waals surface area contributed by atoms with Crippen molar-refractivity contribution in [3.63, 3.8) is 0 Å². The van der Waals surface area contributed by atoms with Crippen LogP contribution in [0.25, 0.3) is 6.08 Å². The van der Waals surface area contributed by atoms with Gasteiger partial charge in [0.15, 0.2) is 5.13 Å². The van der Waals surface area contributed by atoms with Gasteiger partial charge in [0, 0.05) is 24.2 Å². The minimum Gasteiger partial charge on any atom is -0.392 e. The summed E-state index contributed by atoms with van der Waals surface area (Å²) in [5, 5.41) is 9.69. The summed E-state index contributed by atoms with van der Waals surface area (Å²) in [6.45, 7) is 3.46. The van der Waals surface area contributed by atoms with Gasteiger partial charge in [-0.1, -0.05) is 17.4 Å². The first-order valence-corrected chi connectivity index (χ1v) is 5.78. The van der Waals surface area contributed by atoms with E-state index >= 15 is 0 Å². The van der Waals surface area contributed by atoms with Crippen LogP contribution in [0.15, 0.2) is 12.3 Å². The van der Waals surface area contributed by atoms with Crippen LogP contribution in [0.2, 0.25) is 0 Å². The van der Waals surface area contributed by atoms with Crippen molar-refractivity contribution in [2.24, 2.45) is 0 Å². The molecular weight excluding hydrogens is 212 g/mol. The molecule has 0 aromatic carbocycles. The van der Waals surface area contributed by atoms with Crippen molar-refractivity contribution in [1.82, 2.24) is 4.98 Å². The zero-order valence-corrected chi connectivity index (χ0v) is 9.24. The zero-order valence-electron chi connectivity index (χ0n) is 8.43. The quantitative estimate of drug-likeness (QED) is 0.834. The van der Waals surface area contributed by atoms with E-state index in [1.54, 1.807) is 17.4 Å². The van der Waals surface area contributed by atoms with Crippen LogP contribution in [0.4, 0.5) is 5.13 Å². The van der Waals surface area contributed by atoms with Crippen LogP contribution >= 0.6 is 11.3 Å². The Bertz CT molecular complexity index is 332. The standard InChI is InChI=1S/C10H14N2O2S/c13-5-1-2-9-8-11-10(15-9)12-3-6-14-7-4-12/h1-2,8,13H,3-7H2/b2-1+. The molecule has 0 unspecified atom stereocenters. The molecule has 0 saturated carbocycles. The molecule has 1 N–H and O–H groups in total. The second kappa shape index (κ2) is 5.25. The van der Waals surface area contributed by atoms with Gasteiger partial charge in [-0.05, 0) is 6.08 Å². The van der Waals surface area contributed by atoms with Gasteiger partial charge in [-0.25, -0.2) is 4.98 Å². The van der Waals surface area contributed by atoms with Crippen molar-refractivity contribution in [3.05, 3.63) is 17.2 Å². The van der Waals surface area contributed by atoms with E-state index in [0.29, 0.717) is 0 Å². The summed E-state index contributed by atoms with van der Waals surface area (Å²) in [5.74, 6) is 0. The molecule has 0 aliphatic carbocycles. The molecule has 1 saturated heterocycles. The van der Waals surface area contributed by atoms with Gasteiger partial charge < -0.3 is 14.7 Å². The lowest BCUT2D eigenvalue weighted by atomic mass is 10.4. The normalized spacial score (nSPS) is 17.5. The van der Waals surface area contributed by atoms with E-state index in [4.69, 9.17) is 9.84 Å². The molecule has 0 atom stereocenters. The molecule has 4 nitrogen and oxygen atoms in total. The Kier molecular flexibility index (Phi) is 3.71. The lowest BCUT2D eigenvalue weighted by Gasteiger charge is -2.25. The SMILES string of the molecule is OC/C=C/c1cnc(N2CCOCC2)s1. The van der Waals surface area contributed by atoms with Crippen LogP contribution in [-0.2, 0) is 4.74 Å². The highest BCUT2D eigenvalue weighted by atomic mass is 32.1. The Morgan fingerprint density at radius 2 is 2.33 bits per heavy atom. The monoisotopic (exact) mass is 226 g/mol. The maximum Gasteiger partial charge on any atom is 0.185 e. The van der Waals surface area contributed by atoms with Crippen LogP contribution in [0.1, 0.15) is 4.88 Å². The Morgan fingerprint density at radius 3 is 3.07 bits per heavy atom. The molecule has 1 aromatic rings. The molecule has 0 amide bonds. The summed E-state index contributed by atoms with van der Waals surface area (Å²) in [7, 11) is 0. The Labute approximate surface area is 92.8 Å². The van der Waals surface area contributed by atoms with Crippen LogP contribution < -0.4 is 4.90 Å². The van der Waals surface area contributed by atoms with Crippen molar-refractivity contribution in [3.8, 4) is 0 Å². The number of hydrogen-bond donors (Lipinski definition) is 1. The molecule has 15 heavy (non-hydrogen) atoms. The van der Waals surface area contributed by atoms with Crippen LogP contribution in [0.5, 0.6) is 0 Å². The Hall–Kier alpha value is -0.910. The van der Waals surface area contributed by atoms with Crippen LogP contribution in [0, 0.1) is 0 Å². The molecule has 1 fully saturated rings. The van der Waals surface area contributed by atoms with E-state index in [0.717, 1.165) is 36.3 Å². The zero-order chi connectivity index (χ0) is 10.5. The maximum absolute atomic E-state index is 8.65. The molecular formula is C10H14N2O2S. The van der Waals surface area contributed by atoms with Crippen LogP contribution in [0.3, 0.4) is 0 Å². The second-order valence-electron chi connectivity index (χ2n) is 3.23. The lowest BCUT2D eigenvalue weighted by molar-refractivity contribution is 0.122. The molecule has 1 aliphatic rings. The Morgan fingerprint density at radius 1 is 1.53 bits per heavy atom. The topological polar surface area (TPSA) is 45.6 Å². The number of morpholine rings is 1. The fourth-order valence-electron chi connectivity index (χ4n) is 1.42. The van der Waals surface area contributed by atoms with E-state index in [1.807, 2.05) is 12.3 Å². The van der Waals surface area contributed by atoms with Crippen molar-refractivity contribution >= 4 is 22.5 Å². The first-order chi connectivity index (χ1) is 7.40. The first kappa shape index (κ1) is 10.6. The van der Waals surface area contributed by atoms with Crippen molar-refractivity contribution in [1.29, 1.82) is 0 Å². The van der Waals surface area contributed by atoms with Gasteiger partial charge in [-0.3, -0.25) is 0 Å². The van der Waals surface area contributed by atoms with Gasteiger partial charge >= 0.3 is 0 Å². The summed E-state index contributed by atoms with van der Waals surface area (Å²) in [6, 6.07) is 0. The van der Waals surface area contributed by atoms with E-state index in [9.17, 15) is 0 Å². The van der Waals surface area contributed by atoms with Gasteiger partial charge in [-0.2, -0.15) is 0 Å². The van der Waals surface area contributed by atoms with E-state index in [2.05, 4.69) is 9.88 Å². The smallest absolute Gasteiger partial charge is 0.185 e. The van der Waals surface area contributed by atoms with Crippen molar-refractivity contribution in [2.45, 2.75) is 0 Å². The van der Waals surface area contributed by atoms with Crippen LogP contribution in [-0.4, -0.2) is 43.0 Å². The fourth-order valence-corrected chi connectivity index (χ4v) is 2.32. The number of anilines is 1. The molecule has 1 aliphatic heterocycles. The van der Waals surface area contributed by atoms with Gasteiger partial charge in [-0.15, -0.1) is 0 Å². The first-order valence-electron chi connectivity index (χ1n) is 4.96. The molecule has 2 heterocycles. The maximum atomic E-state index is 8.65. The number of rotatable bonds is 3. The highest BCUT2D eigenvalue weighted by Gasteiger charge is 2.13. The highest BCUT2D eigenvalue weighted by Crippen LogP contribution is 2.23. The molecule has 82 valence electrons. The number of ether oxygens (including phenoxy) is 1. The number of aliphatic hydroxyl groups excluding tert-OH is 1.